The molecular weight excluding hydrogens is 476 g/mol. The van der Waals surface area contributed by atoms with E-state index in [1.54, 1.807) is 9.79 Å². The quantitative estimate of drug-likeness (QED) is 0.121. The molecule has 0 aliphatic carbocycles. The van der Waals surface area contributed by atoms with E-state index in [1.165, 1.54) is 117 Å². The highest BCUT2D eigenvalue weighted by Gasteiger charge is 2.18. The minimum absolute atomic E-state index is 0.0792. The van der Waals surface area contributed by atoms with Gasteiger partial charge < -0.3 is 5.11 Å². The molecule has 1 N–H and O–H groups in total. The van der Waals surface area contributed by atoms with Crippen molar-refractivity contribution in [2.75, 3.05) is 23.0 Å². The summed E-state index contributed by atoms with van der Waals surface area (Å²) in [5.41, 5.74) is 4.15. The number of aryl methyl sites for hydroxylation is 1. The first-order valence-corrected chi connectivity index (χ1v) is 18.4. The second kappa shape index (κ2) is 18.2. The fourth-order valence-corrected chi connectivity index (χ4v) is 10.1. The normalized spacial score (nSPS) is 14.1. The third-order valence-corrected chi connectivity index (χ3v) is 12.7. The van der Waals surface area contributed by atoms with Gasteiger partial charge in [0.05, 0.1) is 0 Å². The van der Waals surface area contributed by atoms with Gasteiger partial charge in [0.2, 0.25) is 0 Å². The topological polar surface area (TPSA) is 20.2 Å². The van der Waals surface area contributed by atoms with Crippen molar-refractivity contribution in [2.24, 2.45) is 0 Å². The lowest BCUT2D eigenvalue weighted by atomic mass is 10.0. The second-order valence-corrected chi connectivity index (χ2v) is 15.7. The van der Waals surface area contributed by atoms with E-state index in [-0.39, 0.29) is 21.8 Å². The molecule has 3 heteroatoms. The van der Waals surface area contributed by atoms with E-state index in [4.69, 9.17) is 0 Å². The van der Waals surface area contributed by atoms with Crippen molar-refractivity contribution in [2.45, 2.75) is 121 Å². The van der Waals surface area contributed by atoms with Gasteiger partial charge in [-0.15, -0.1) is 0 Å². The Morgan fingerprint density at radius 2 is 1.11 bits per heavy atom. The van der Waals surface area contributed by atoms with Crippen molar-refractivity contribution >= 4 is 21.8 Å². The number of hydrogen-bond acceptors (Lipinski definition) is 1. The Labute approximate surface area is 229 Å². The maximum absolute atomic E-state index is 9.91. The Morgan fingerprint density at radius 3 is 1.64 bits per heavy atom. The summed E-state index contributed by atoms with van der Waals surface area (Å²) in [6, 6.07) is 13.1. The van der Waals surface area contributed by atoms with Crippen LogP contribution < -0.4 is 0 Å². The predicted octanol–water partition coefficient (Wildman–Crippen LogP) is 10.8. The summed E-state index contributed by atoms with van der Waals surface area (Å²) in [6.45, 7) is 11.7. The second-order valence-electron chi connectivity index (χ2n) is 10.4. The highest BCUT2D eigenvalue weighted by atomic mass is 32.2. The Morgan fingerprint density at radius 1 is 0.611 bits per heavy atom. The van der Waals surface area contributed by atoms with Gasteiger partial charge in [-0.1, -0.05) is 104 Å². The van der Waals surface area contributed by atoms with Crippen LogP contribution in [0.3, 0.4) is 0 Å². The minimum Gasteiger partial charge on any atom is -0.508 e. The van der Waals surface area contributed by atoms with Gasteiger partial charge in [-0.25, -0.2) is 21.8 Å². The Balaban J connectivity index is 2.27. The van der Waals surface area contributed by atoms with Crippen molar-refractivity contribution in [1.29, 1.82) is 0 Å². The maximum Gasteiger partial charge on any atom is 0.115 e. The van der Waals surface area contributed by atoms with Crippen LogP contribution in [0.1, 0.15) is 110 Å². The monoisotopic (exact) mass is 532 g/mol. The number of unbranched alkanes of at least 4 members (excludes halogenated alkanes) is 10. The summed E-state index contributed by atoms with van der Waals surface area (Å²) >= 11 is 0. The van der Waals surface area contributed by atoms with Gasteiger partial charge in [-0.05, 0) is 93.5 Å². The lowest BCUT2D eigenvalue weighted by Crippen LogP contribution is -2.01. The average molecular weight is 533 g/mol. The highest BCUT2D eigenvalue weighted by Crippen LogP contribution is 2.49. The van der Waals surface area contributed by atoms with Gasteiger partial charge in [-0.2, -0.15) is 0 Å². The zero-order valence-corrected chi connectivity index (χ0v) is 25.9. The first-order valence-electron chi connectivity index (χ1n) is 15.0. The Kier molecular flexibility index (Phi) is 15.8. The number of thiol groups is 2. The van der Waals surface area contributed by atoms with E-state index < -0.39 is 0 Å². The van der Waals surface area contributed by atoms with Crippen molar-refractivity contribution in [3.63, 3.8) is 0 Å². The summed E-state index contributed by atoms with van der Waals surface area (Å²) in [4.78, 5) is 3.27. The zero-order chi connectivity index (χ0) is 26.2. The first-order chi connectivity index (χ1) is 17.5. The van der Waals surface area contributed by atoms with Crippen molar-refractivity contribution in [1.82, 2.24) is 0 Å². The molecule has 2 atom stereocenters. The van der Waals surface area contributed by atoms with Gasteiger partial charge in [0.15, 0.2) is 0 Å². The van der Waals surface area contributed by atoms with E-state index in [2.05, 4.69) is 58.9 Å². The molecule has 2 unspecified atom stereocenters. The van der Waals surface area contributed by atoms with Gasteiger partial charge >= 0.3 is 0 Å². The van der Waals surface area contributed by atoms with Crippen LogP contribution in [0.25, 0.3) is 11.1 Å². The molecule has 0 saturated heterocycles. The standard InChI is InChI=1S/C33H56OS2/c1-6-10-12-14-16-18-24-35(8-3)31-26-28(5)33(29-20-22-30(34)23-21-29)32(27-31)36(9-4)25-19-17-15-13-11-7-2/h20-23,26-27,34-36H,6-19,24-25H2,1-5H3. The summed E-state index contributed by atoms with van der Waals surface area (Å²) < 4.78 is 0. The number of benzene rings is 2. The molecule has 2 rings (SSSR count). The van der Waals surface area contributed by atoms with E-state index in [0.29, 0.717) is 5.75 Å². The van der Waals surface area contributed by atoms with Crippen LogP contribution in [-0.2, 0) is 0 Å². The van der Waals surface area contributed by atoms with Crippen molar-refractivity contribution in [3.8, 4) is 16.9 Å². The van der Waals surface area contributed by atoms with E-state index in [9.17, 15) is 5.11 Å². The number of aromatic hydroxyl groups is 1. The molecule has 1 nitrogen and oxygen atoms in total. The van der Waals surface area contributed by atoms with Crippen LogP contribution in [0.4, 0.5) is 0 Å². The molecule has 0 heterocycles. The summed E-state index contributed by atoms with van der Waals surface area (Å²) in [5, 5.41) is 9.91. The Hall–Kier alpha value is -1.06. The van der Waals surface area contributed by atoms with Crippen LogP contribution in [0.15, 0.2) is 46.2 Å². The number of phenolic OH excluding ortho intramolecular Hbond substituents is 1. The van der Waals surface area contributed by atoms with E-state index >= 15 is 0 Å². The van der Waals surface area contributed by atoms with Gasteiger partial charge in [0.1, 0.15) is 5.75 Å². The minimum atomic E-state index is -0.167. The molecule has 0 amide bonds. The summed E-state index contributed by atoms with van der Waals surface area (Å²) in [5.74, 6) is 5.65. The van der Waals surface area contributed by atoms with Crippen LogP contribution >= 0.6 is 21.8 Å². The fraction of sp³-hybridized carbons (Fsp3) is 0.636. The zero-order valence-electron chi connectivity index (χ0n) is 24.1. The number of rotatable bonds is 19. The molecule has 0 spiro atoms. The van der Waals surface area contributed by atoms with Crippen LogP contribution in [0.2, 0.25) is 0 Å². The molecule has 0 bridgehead atoms. The smallest absolute Gasteiger partial charge is 0.115 e. The summed E-state index contributed by atoms with van der Waals surface area (Å²) in [7, 11) is -0.247. The first kappa shape index (κ1) is 31.2. The fourth-order valence-electron chi connectivity index (χ4n) is 5.27. The average Bonchev–Trinajstić information content (AvgIpc) is 2.88. The molecule has 2 aromatic rings. The number of hydrogen-bond donors (Lipinski definition) is 3. The molecule has 0 saturated carbocycles. The van der Waals surface area contributed by atoms with E-state index in [1.807, 2.05) is 12.1 Å². The van der Waals surface area contributed by atoms with Gasteiger partial charge in [0.25, 0.3) is 0 Å². The third kappa shape index (κ3) is 10.4. The van der Waals surface area contributed by atoms with E-state index in [0.717, 1.165) is 0 Å². The van der Waals surface area contributed by atoms with Crippen LogP contribution in [0, 0.1) is 6.92 Å². The molecule has 0 aliphatic heterocycles. The third-order valence-electron chi connectivity index (χ3n) is 7.49. The van der Waals surface area contributed by atoms with Crippen LogP contribution in [-0.4, -0.2) is 28.1 Å². The molecule has 2 aromatic carbocycles. The number of phenols is 1. The Bertz CT molecular complexity index is 846. The molecule has 0 aromatic heterocycles. The van der Waals surface area contributed by atoms with Crippen molar-refractivity contribution < 1.29 is 5.11 Å². The molecule has 0 aliphatic rings. The molecule has 0 radical (unpaired) electrons. The summed E-state index contributed by atoms with van der Waals surface area (Å²) in [6.07, 6.45) is 16.6. The molecule has 0 fully saturated rings. The lowest BCUT2D eigenvalue weighted by molar-refractivity contribution is 0.475. The molecule has 206 valence electrons. The van der Waals surface area contributed by atoms with Gasteiger partial charge in [-0.3, -0.25) is 0 Å². The van der Waals surface area contributed by atoms with Crippen molar-refractivity contribution in [3.05, 3.63) is 42.0 Å². The highest BCUT2D eigenvalue weighted by molar-refractivity contribution is 8.17. The lowest BCUT2D eigenvalue weighted by Gasteiger charge is -2.29. The maximum atomic E-state index is 9.91. The largest absolute Gasteiger partial charge is 0.508 e. The predicted molar refractivity (Wildman–Crippen MR) is 170 cm³/mol. The molecule has 36 heavy (non-hydrogen) atoms. The van der Waals surface area contributed by atoms with Crippen LogP contribution in [0.5, 0.6) is 5.75 Å². The SMILES string of the molecule is CCCCCCCC[SH](CC)c1cc(C)c(-c2ccc(O)cc2)c([SH](CC)CCCCCCCC)c1. The van der Waals surface area contributed by atoms with Gasteiger partial charge in [0, 0.05) is 0 Å². The molecular formula is C33H56OS2.